The maximum atomic E-state index is 9.79. The minimum absolute atomic E-state index is 0.00787. The van der Waals surface area contributed by atoms with E-state index in [1.54, 1.807) is 0 Å². The van der Waals surface area contributed by atoms with E-state index in [0.29, 0.717) is 41.1 Å². The van der Waals surface area contributed by atoms with Gasteiger partial charge in [-0.25, -0.2) is 0 Å². The fourth-order valence-corrected chi connectivity index (χ4v) is 11.2. The van der Waals surface area contributed by atoms with Gasteiger partial charge in [-0.15, -0.1) is 0 Å². The molecule has 0 aromatic heterocycles. The van der Waals surface area contributed by atoms with Crippen LogP contribution in [0.1, 0.15) is 41.5 Å². The Morgan fingerprint density at radius 1 is 0.727 bits per heavy atom. The van der Waals surface area contributed by atoms with E-state index < -0.39 is 0 Å². The monoisotopic (exact) mass is 422 g/mol. The molecular weight excluding hydrogens is 402 g/mol. The SMILES string of the molecule is CC1=C(C)C2=C(C#N)C(C#N)=C3C(C)=C(C)[Se][C@@]3(C)[C@]2(C)[Se]1. The fourth-order valence-electron chi connectivity index (χ4n) is 3.93. The third kappa shape index (κ3) is 1.60. The molecule has 3 aliphatic rings. The van der Waals surface area contributed by atoms with Gasteiger partial charge in [0.05, 0.1) is 0 Å². The standard InChI is InChI=1S/C18H18N2Se2/c1-9-11(3)21-17(5)15(9)13(7-19)14(8-20)16-10(2)12(4)22-18(16,17)6/h1-6H3/t17-,18-/m1/s1. The molecule has 22 heavy (non-hydrogen) atoms. The molecule has 0 fully saturated rings. The number of hydrogen-bond donors (Lipinski definition) is 0. The third-order valence-electron chi connectivity index (χ3n) is 5.36. The van der Waals surface area contributed by atoms with Crippen molar-refractivity contribution in [2.45, 2.75) is 50.2 Å². The zero-order chi connectivity index (χ0) is 16.4. The van der Waals surface area contributed by atoms with E-state index in [0.717, 1.165) is 0 Å². The van der Waals surface area contributed by atoms with E-state index in [9.17, 15) is 10.5 Å². The van der Waals surface area contributed by atoms with Gasteiger partial charge in [0.15, 0.2) is 0 Å². The zero-order valence-corrected chi connectivity index (χ0v) is 17.1. The van der Waals surface area contributed by atoms with E-state index >= 15 is 0 Å². The molecule has 3 rings (SSSR count). The summed E-state index contributed by atoms with van der Waals surface area (Å²) in [6.07, 6.45) is 0. The molecule has 4 heteroatoms. The molecule has 2 atom stereocenters. The summed E-state index contributed by atoms with van der Waals surface area (Å²) in [4.78, 5) is 0. The zero-order valence-electron chi connectivity index (χ0n) is 13.7. The average molecular weight is 420 g/mol. The van der Waals surface area contributed by atoms with Crippen molar-refractivity contribution < 1.29 is 0 Å². The molecule has 0 aromatic rings. The van der Waals surface area contributed by atoms with Crippen LogP contribution < -0.4 is 0 Å². The summed E-state index contributed by atoms with van der Waals surface area (Å²) in [5.41, 5.74) is 6.12. The molecule has 0 saturated carbocycles. The summed E-state index contributed by atoms with van der Waals surface area (Å²) in [5, 5.41) is 19.6. The molecule has 0 spiro atoms. The number of nitrogens with zero attached hydrogens (tertiary/aromatic N) is 2. The van der Waals surface area contributed by atoms with E-state index in [2.05, 4.69) is 53.7 Å². The Morgan fingerprint density at radius 2 is 1.05 bits per heavy atom. The topological polar surface area (TPSA) is 47.6 Å². The van der Waals surface area contributed by atoms with Crippen molar-refractivity contribution >= 4 is 29.9 Å². The molecule has 0 unspecified atom stereocenters. The van der Waals surface area contributed by atoms with Crippen LogP contribution in [0.2, 0.25) is 8.63 Å². The van der Waals surface area contributed by atoms with Gasteiger partial charge < -0.3 is 0 Å². The Hall–Kier alpha value is -1.02. The van der Waals surface area contributed by atoms with Gasteiger partial charge in [0.2, 0.25) is 0 Å². The molecule has 0 saturated heterocycles. The predicted octanol–water partition coefficient (Wildman–Crippen LogP) is 4.02. The van der Waals surface area contributed by atoms with E-state index in [1.807, 2.05) is 0 Å². The molecule has 1 aliphatic carbocycles. The van der Waals surface area contributed by atoms with Crippen LogP contribution in [0.3, 0.4) is 0 Å². The first kappa shape index (κ1) is 15.9. The number of nitriles is 2. The Morgan fingerprint density at radius 3 is 1.32 bits per heavy atom. The van der Waals surface area contributed by atoms with Crippen molar-refractivity contribution in [1.29, 1.82) is 10.5 Å². The van der Waals surface area contributed by atoms with Gasteiger partial charge in [0, 0.05) is 0 Å². The van der Waals surface area contributed by atoms with Crippen molar-refractivity contribution in [2.75, 3.05) is 0 Å². The first-order valence-corrected chi connectivity index (χ1v) is 10.7. The second-order valence-electron chi connectivity index (χ2n) is 6.36. The molecule has 0 amide bonds. The van der Waals surface area contributed by atoms with Crippen LogP contribution in [0, 0.1) is 22.7 Å². The number of allylic oxidation sites excluding steroid dienone is 8. The van der Waals surface area contributed by atoms with Crippen LogP contribution in [0.15, 0.2) is 42.4 Å². The van der Waals surface area contributed by atoms with Crippen LogP contribution in [0.4, 0.5) is 0 Å². The van der Waals surface area contributed by atoms with Crippen molar-refractivity contribution in [3.05, 3.63) is 42.4 Å². The van der Waals surface area contributed by atoms with E-state index in [4.69, 9.17) is 0 Å². The van der Waals surface area contributed by atoms with Gasteiger partial charge in [-0.05, 0) is 0 Å². The number of rotatable bonds is 0. The summed E-state index contributed by atoms with van der Waals surface area (Å²) in [5.74, 6) is 0. The minimum atomic E-state index is 0.00787. The second kappa shape index (κ2) is 4.74. The van der Waals surface area contributed by atoms with Gasteiger partial charge in [0.25, 0.3) is 0 Å². The Kier molecular flexibility index (Phi) is 3.41. The maximum absolute atomic E-state index is 9.79. The Balaban J connectivity index is 2.47. The van der Waals surface area contributed by atoms with Gasteiger partial charge in [0.1, 0.15) is 0 Å². The van der Waals surface area contributed by atoms with Crippen molar-refractivity contribution in [3.8, 4) is 12.1 Å². The predicted molar refractivity (Wildman–Crippen MR) is 90.3 cm³/mol. The van der Waals surface area contributed by atoms with Gasteiger partial charge in [-0.1, -0.05) is 0 Å². The summed E-state index contributed by atoms with van der Waals surface area (Å²) in [6.45, 7) is 13.3. The van der Waals surface area contributed by atoms with Crippen LogP contribution in [-0.4, -0.2) is 29.9 Å². The average Bonchev–Trinajstić information content (AvgIpc) is 2.83. The Labute approximate surface area is 145 Å². The molecule has 0 bridgehead atoms. The van der Waals surface area contributed by atoms with Crippen molar-refractivity contribution in [3.63, 3.8) is 0 Å². The van der Waals surface area contributed by atoms with Crippen molar-refractivity contribution in [1.82, 2.24) is 0 Å². The van der Waals surface area contributed by atoms with Crippen LogP contribution in [-0.2, 0) is 0 Å². The third-order valence-corrected chi connectivity index (χ3v) is 12.9. The van der Waals surface area contributed by atoms with E-state index in [1.165, 1.54) is 31.2 Å². The molecule has 2 nitrogen and oxygen atoms in total. The van der Waals surface area contributed by atoms with Gasteiger partial charge >= 0.3 is 145 Å². The summed E-state index contributed by atoms with van der Waals surface area (Å²) >= 11 is 0.671. The van der Waals surface area contributed by atoms with Crippen molar-refractivity contribution in [2.24, 2.45) is 0 Å². The number of hydrogen-bond acceptors (Lipinski definition) is 2. The fraction of sp³-hybridized carbons (Fsp3) is 0.444. The first-order valence-electron chi connectivity index (χ1n) is 7.26. The molecule has 2 aliphatic heterocycles. The Bertz CT molecular complexity index is 756. The molecular formula is C18H18N2Se2. The van der Waals surface area contributed by atoms with Crippen LogP contribution in [0.5, 0.6) is 0 Å². The molecule has 0 N–H and O–H groups in total. The quantitative estimate of drug-likeness (QED) is 0.556. The first-order chi connectivity index (χ1) is 10.2. The van der Waals surface area contributed by atoms with E-state index in [-0.39, 0.29) is 8.63 Å². The van der Waals surface area contributed by atoms with Gasteiger partial charge in [-0.2, -0.15) is 0 Å². The molecule has 0 aromatic carbocycles. The molecule has 2 heterocycles. The van der Waals surface area contributed by atoms with Crippen LogP contribution in [0.25, 0.3) is 0 Å². The van der Waals surface area contributed by atoms with Crippen LogP contribution >= 0.6 is 0 Å². The molecule has 0 radical (unpaired) electrons. The van der Waals surface area contributed by atoms with Gasteiger partial charge in [-0.3, -0.25) is 0 Å². The number of fused-ring (bicyclic) bond motifs is 3. The molecule has 112 valence electrons. The normalized spacial score (nSPS) is 34.0. The summed E-state index contributed by atoms with van der Waals surface area (Å²) < 4.78 is 2.87. The second-order valence-corrected chi connectivity index (χ2v) is 13.2. The summed E-state index contributed by atoms with van der Waals surface area (Å²) in [7, 11) is 0. The summed E-state index contributed by atoms with van der Waals surface area (Å²) in [6, 6.07) is 4.75.